The molecule has 0 heterocycles. The summed E-state index contributed by atoms with van der Waals surface area (Å²) in [7, 11) is 1.30. The van der Waals surface area contributed by atoms with Crippen LogP contribution in [0.25, 0.3) is 6.08 Å². The average Bonchev–Trinajstić information content (AvgIpc) is 2.26. The summed E-state index contributed by atoms with van der Waals surface area (Å²) >= 11 is 0. The molecule has 4 nitrogen and oxygen atoms in total. The third kappa shape index (κ3) is 4.10. The van der Waals surface area contributed by atoms with Crippen LogP contribution in [0.2, 0.25) is 0 Å². The number of hydrogen-bond acceptors (Lipinski definition) is 3. The zero-order valence-electron chi connectivity index (χ0n) is 8.89. The Bertz CT molecular complexity index is 429. The Labute approximate surface area is 96.1 Å². The van der Waals surface area contributed by atoms with E-state index in [0.717, 1.165) is 6.08 Å². The predicted octanol–water partition coefficient (Wildman–Crippen LogP) is 2.39. The van der Waals surface area contributed by atoms with Crippen LogP contribution in [0.5, 0.6) is 11.5 Å². The van der Waals surface area contributed by atoms with Crippen molar-refractivity contribution >= 4 is 12.0 Å². The fourth-order valence-electron chi connectivity index (χ4n) is 1.15. The number of ether oxygens (including phenoxy) is 2. The first-order valence-electron chi connectivity index (χ1n) is 4.57. The number of hydrogen-bond donors (Lipinski definition) is 1. The van der Waals surface area contributed by atoms with Crippen LogP contribution >= 0.6 is 0 Å². The highest BCUT2D eigenvalue weighted by Gasteiger charge is 2.10. The molecule has 17 heavy (non-hydrogen) atoms. The van der Waals surface area contributed by atoms with Crippen LogP contribution in [0.15, 0.2) is 24.3 Å². The van der Waals surface area contributed by atoms with E-state index in [0.29, 0.717) is 5.56 Å². The van der Waals surface area contributed by atoms with Gasteiger partial charge in [0.2, 0.25) is 0 Å². The number of carbonyl (C=O) groups is 1. The van der Waals surface area contributed by atoms with Gasteiger partial charge in [0, 0.05) is 6.08 Å². The molecule has 1 rings (SSSR count). The van der Waals surface area contributed by atoms with E-state index in [1.165, 1.54) is 31.4 Å². The third-order valence-corrected chi connectivity index (χ3v) is 1.82. The molecular formula is C11H10F2O4. The molecule has 0 saturated heterocycles. The number of halogens is 2. The minimum absolute atomic E-state index is 0.102. The van der Waals surface area contributed by atoms with Crippen molar-refractivity contribution in [1.29, 1.82) is 0 Å². The monoisotopic (exact) mass is 244 g/mol. The number of carboxylic acid groups (broad SMARTS) is 1. The maximum atomic E-state index is 12.0. The Morgan fingerprint density at radius 2 is 2.12 bits per heavy atom. The highest BCUT2D eigenvalue weighted by atomic mass is 19.3. The lowest BCUT2D eigenvalue weighted by molar-refractivity contribution is -0.131. The summed E-state index contributed by atoms with van der Waals surface area (Å²) in [4.78, 5) is 10.3. The Kier molecular flexibility index (Phi) is 4.45. The van der Waals surface area contributed by atoms with Crippen molar-refractivity contribution in [3.8, 4) is 11.5 Å². The molecular weight excluding hydrogens is 234 g/mol. The van der Waals surface area contributed by atoms with Gasteiger partial charge in [-0.05, 0) is 23.8 Å². The smallest absolute Gasteiger partial charge is 0.387 e. The molecule has 0 amide bonds. The molecule has 0 aliphatic carbocycles. The molecule has 0 saturated carbocycles. The van der Waals surface area contributed by atoms with Crippen LogP contribution in [-0.2, 0) is 4.79 Å². The van der Waals surface area contributed by atoms with Gasteiger partial charge < -0.3 is 14.6 Å². The van der Waals surface area contributed by atoms with E-state index in [9.17, 15) is 13.6 Å². The van der Waals surface area contributed by atoms with Gasteiger partial charge in [0.05, 0.1) is 7.11 Å². The molecule has 0 bridgehead atoms. The molecule has 1 N–H and O–H groups in total. The summed E-state index contributed by atoms with van der Waals surface area (Å²) in [5.41, 5.74) is 0.505. The van der Waals surface area contributed by atoms with Crippen LogP contribution in [0.1, 0.15) is 5.56 Å². The van der Waals surface area contributed by atoms with Gasteiger partial charge in [0.15, 0.2) is 11.5 Å². The van der Waals surface area contributed by atoms with Gasteiger partial charge in [-0.2, -0.15) is 8.78 Å². The molecule has 1 aromatic carbocycles. The molecule has 0 radical (unpaired) electrons. The number of benzene rings is 1. The summed E-state index contributed by atoms with van der Waals surface area (Å²) < 4.78 is 33.1. The first-order chi connectivity index (χ1) is 8.02. The van der Waals surface area contributed by atoms with Gasteiger partial charge in [0.25, 0.3) is 0 Å². The lowest BCUT2D eigenvalue weighted by Gasteiger charge is -2.09. The number of methoxy groups -OCH3 is 1. The van der Waals surface area contributed by atoms with E-state index < -0.39 is 12.6 Å². The fourth-order valence-corrected chi connectivity index (χ4v) is 1.15. The maximum Gasteiger partial charge on any atom is 0.387 e. The summed E-state index contributed by atoms with van der Waals surface area (Å²) in [6.07, 6.45) is 2.25. The summed E-state index contributed by atoms with van der Waals surface area (Å²) in [6, 6.07) is 4.13. The van der Waals surface area contributed by atoms with Crippen LogP contribution in [0.3, 0.4) is 0 Å². The van der Waals surface area contributed by atoms with E-state index in [4.69, 9.17) is 9.84 Å². The minimum Gasteiger partial charge on any atom is -0.493 e. The van der Waals surface area contributed by atoms with Crippen molar-refractivity contribution in [3.05, 3.63) is 29.8 Å². The Morgan fingerprint density at radius 1 is 1.41 bits per heavy atom. The van der Waals surface area contributed by atoms with Crippen molar-refractivity contribution < 1.29 is 28.2 Å². The molecule has 1 aromatic rings. The fraction of sp³-hybridized carbons (Fsp3) is 0.182. The van der Waals surface area contributed by atoms with Crippen LogP contribution < -0.4 is 9.47 Å². The van der Waals surface area contributed by atoms with Crippen LogP contribution in [-0.4, -0.2) is 24.8 Å². The number of alkyl halides is 2. The Hall–Kier alpha value is -2.11. The largest absolute Gasteiger partial charge is 0.493 e. The Balaban J connectivity index is 2.95. The van der Waals surface area contributed by atoms with Gasteiger partial charge in [0.1, 0.15) is 0 Å². The van der Waals surface area contributed by atoms with Crippen LogP contribution in [0.4, 0.5) is 8.78 Å². The Morgan fingerprint density at radius 3 is 2.65 bits per heavy atom. The zero-order valence-corrected chi connectivity index (χ0v) is 8.89. The van der Waals surface area contributed by atoms with E-state index in [2.05, 4.69) is 4.74 Å². The van der Waals surface area contributed by atoms with Crippen molar-refractivity contribution in [3.63, 3.8) is 0 Å². The molecule has 92 valence electrons. The molecule has 0 aliphatic rings. The molecule has 0 aliphatic heterocycles. The molecule has 0 atom stereocenters. The van der Waals surface area contributed by atoms with Crippen molar-refractivity contribution in [1.82, 2.24) is 0 Å². The van der Waals surface area contributed by atoms with Gasteiger partial charge in [-0.1, -0.05) is 6.07 Å². The highest BCUT2D eigenvalue weighted by Crippen LogP contribution is 2.29. The van der Waals surface area contributed by atoms with Gasteiger partial charge >= 0.3 is 12.6 Å². The van der Waals surface area contributed by atoms with E-state index >= 15 is 0 Å². The van der Waals surface area contributed by atoms with Crippen molar-refractivity contribution in [2.75, 3.05) is 7.11 Å². The summed E-state index contributed by atoms with van der Waals surface area (Å²) in [6.45, 7) is -2.94. The average molecular weight is 244 g/mol. The van der Waals surface area contributed by atoms with E-state index in [1.54, 1.807) is 0 Å². The van der Waals surface area contributed by atoms with Crippen molar-refractivity contribution in [2.24, 2.45) is 0 Å². The van der Waals surface area contributed by atoms with Gasteiger partial charge in [-0.15, -0.1) is 0 Å². The predicted molar refractivity (Wildman–Crippen MR) is 56.3 cm³/mol. The van der Waals surface area contributed by atoms with E-state index in [1.807, 2.05) is 0 Å². The number of aliphatic carboxylic acids is 1. The molecule has 0 unspecified atom stereocenters. The highest BCUT2D eigenvalue weighted by molar-refractivity contribution is 5.85. The van der Waals surface area contributed by atoms with E-state index in [-0.39, 0.29) is 11.5 Å². The van der Waals surface area contributed by atoms with Crippen molar-refractivity contribution in [2.45, 2.75) is 6.61 Å². The standard InChI is InChI=1S/C11H10F2O4/c1-16-9-6-7(3-5-10(14)15)2-4-8(9)17-11(12)13/h2-6,11H,1H3,(H,14,15)/b5-3-. The first kappa shape index (κ1) is 13.0. The summed E-state index contributed by atoms with van der Waals surface area (Å²) in [5, 5.41) is 8.43. The third-order valence-electron chi connectivity index (χ3n) is 1.82. The topological polar surface area (TPSA) is 55.8 Å². The van der Waals surface area contributed by atoms with Gasteiger partial charge in [-0.3, -0.25) is 0 Å². The van der Waals surface area contributed by atoms with Crippen LogP contribution in [0, 0.1) is 0 Å². The number of carboxylic acids is 1. The summed E-state index contributed by atoms with van der Waals surface area (Å²) in [5.74, 6) is -1.09. The maximum absolute atomic E-state index is 12.0. The van der Waals surface area contributed by atoms with Gasteiger partial charge in [-0.25, -0.2) is 4.79 Å². The normalized spacial score (nSPS) is 10.8. The molecule has 0 fully saturated rings. The quantitative estimate of drug-likeness (QED) is 0.808. The first-order valence-corrected chi connectivity index (χ1v) is 4.57. The lowest BCUT2D eigenvalue weighted by atomic mass is 10.2. The zero-order chi connectivity index (χ0) is 12.8. The second kappa shape index (κ2) is 5.83. The minimum atomic E-state index is -2.94. The lowest BCUT2D eigenvalue weighted by Crippen LogP contribution is -2.03. The second-order valence-corrected chi connectivity index (χ2v) is 2.96. The SMILES string of the molecule is COc1cc(/C=C\C(=O)O)ccc1OC(F)F. The second-order valence-electron chi connectivity index (χ2n) is 2.96. The number of rotatable bonds is 5. The molecule has 0 spiro atoms. The molecule has 6 heteroatoms. The molecule has 0 aromatic heterocycles.